The van der Waals surface area contributed by atoms with Crippen LogP contribution in [0.5, 0.6) is 0 Å². The van der Waals surface area contributed by atoms with E-state index in [1.54, 1.807) is 6.20 Å². The Labute approximate surface area is 69.4 Å². The molecule has 0 saturated heterocycles. The van der Waals surface area contributed by atoms with E-state index >= 15 is 0 Å². The standard InChI is InChI=1S/C9H8N2O/c1-2-6-8-7(3-5-10-8)12-9(6)11-4-1/h1-2,4,10H,3,5H2. The Hall–Kier alpha value is -1.51. The van der Waals surface area contributed by atoms with Crippen LogP contribution in [-0.2, 0) is 6.42 Å². The molecule has 3 rings (SSSR count). The Morgan fingerprint density at radius 1 is 1.50 bits per heavy atom. The molecular formula is C9H8N2O. The van der Waals surface area contributed by atoms with Gasteiger partial charge in [0.05, 0.1) is 11.1 Å². The first-order chi connectivity index (χ1) is 5.95. The molecule has 0 unspecified atom stereocenters. The lowest BCUT2D eigenvalue weighted by Gasteiger charge is -1.92. The normalized spacial score (nSPS) is 14.7. The second kappa shape index (κ2) is 2.00. The molecule has 0 aromatic carbocycles. The molecule has 0 radical (unpaired) electrons. The summed E-state index contributed by atoms with van der Waals surface area (Å²) in [6, 6.07) is 3.96. The molecule has 0 amide bonds. The second-order valence-corrected chi connectivity index (χ2v) is 2.93. The van der Waals surface area contributed by atoms with Gasteiger partial charge in [-0.1, -0.05) is 0 Å². The maximum absolute atomic E-state index is 5.54. The number of hydrogen-bond acceptors (Lipinski definition) is 3. The molecule has 0 aliphatic carbocycles. The molecule has 1 N–H and O–H groups in total. The van der Waals surface area contributed by atoms with Crippen molar-refractivity contribution in [2.24, 2.45) is 0 Å². The van der Waals surface area contributed by atoms with E-state index < -0.39 is 0 Å². The van der Waals surface area contributed by atoms with Crippen LogP contribution in [0.4, 0.5) is 5.69 Å². The van der Waals surface area contributed by atoms with Crippen molar-refractivity contribution in [1.29, 1.82) is 0 Å². The van der Waals surface area contributed by atoms with E-state index in [0.717, 1.165) is 35.5 Å². The average Bonchev–Trinajstić information content (AvgIpc) is 2.62. The van der Waals surface area contributed by atoms with E-state index in [4.69, 9.17) is 4.42 Å². The molecule has 3 heteroatoms. The van der Waals surface area contributed by atoms with Gasteiger partial charge in [-0.25, -0.2) is 4.98 Å². The third-order valence-electron chi connectivity index (χ3n) is 2.19. The summed E-state index contributed by atoms with van der Waals surface area (Å²) in [6.07, 6.45) is 2.73. The molecular weight excluding hydrogens is 152 g/mol. The largest absolute Gasteiger partial charge is 0.440 e. The zero-order valence-corrected chi connectivity index (χ0v) is 6.50. The Kier molecular flexibility index (Phi) is 1.01. The molecule has 0 atom stereocenters. The van der Waals surface area contributed by atoms with Crippen molar-refractivity contribution in [2.45, 2.75) is 6.42 Å². The van der Waals surface area contributed by atoms with Crippen molar-refractivity contribution < 1.29 is 4.42 Å². The van der Waals surface area contributed by atoms with Crippen LogP contribution in [0, 0.1) is 0 Å². The summed E-state index contributed by atoms with van der Waals surface area (Å²) in [5, 5.41) is 4.39. The molecule has 2 aromatic heterocycles. The fourth-order valence-corrected chi connectivity index (χ4v) is 1.65. The van der Waals surface area contributed by atoms with Crippen LogP contribution < -0.4 is 5.32 Å². The van der Waals surface area contributed by atoms with Crippen molar-refractivity contribution in [3.63, 3.8) is 0 Å². The number of fused-ring (bicyclic) bond motifs is 3. The minimum Gasteiger partial charge on any atom is -0.440 e. The van der Waals surface area contributed by atoms with E-state index in [0.29, 0.717) is 0 Å². The maximum atomic E-state index is 5.54. The SMILES string of the molecule is c1cnc2oc3c(c2c1)NCC3. The predicted molar refractivity (Wildman–Crippen MR) is 46.2 cm³/mol. The Balaban J connectivity index is 2.44. The molecule has 3 nitrogen and oxygen atoms in total. The Bertz CT molecular complexity index is 433. The molecule has 0 bridgehead atoms. The molecule has 1 aliphatic rings. The molecule has 12 heavy (non-hydrogen) atoms. The quantitative estimate of drug-likeness (QED) is 0.638. The zero-order valence-electron chi connectivity index (χ0n) is 6.50. The minimum atomic E-state index is 0.745. The number of nitrogens with one attached hydrogen (secondary N) is 1. The van der Waals surface area contributed by atoms with Gasteiger partial charge in [-0.05, 0) is 12.1 Å². The van der Waals surface area contributed by atoms with Gasteiger partial charge < -0.3 is 9.73 Å². The van der Waals surface area contributed by atoms with Crippen molar-refractivity contribution in [3.05, 3.63) is 24.1 Å². The highest BCUT2D eigenvalue weighted by molar-refractivity contribution is 5.90. The summed E-state index contributed by atoms with van der Waals surface area (Å²) in [5.41, 5.74) is 1.88. The molecule has 1 aliphatic heterocycles. The number of anilines is 1. The van der Waals surface area contributed by atoms with Crippen molar-refractivity contribution in [1.82, 2.24) is 4.98 Å². The van der Waals surface area contributed by atoms with Crippen molar-refractivity contribution >= 4 is 16.8 Å². The average molecular weight is 160 g/mol. The highest BCUT2D eigenvalue weighted by Gasteiger charge is 2.18. The smallest absolute Gasteiger partial charge is 0.228 e. The number of aromatic nitrogens is 1. The van der Waals surface area contributed by atoms with Gasteiger partial charge in [-0.15, -0.1) is 0 Å². The van der Waals surface area contributed by atoms with Gasteiger partial charge in [0.15, 0.2) is 0 Å². The number of pyridine rings is 1. The third-order valence-corrected chi connectivity index (χ3v) is 2.19. The fourth-order valence-electron chi connectivity index (χ4n) is 1.65. The fraction of sp³-hybridized carbons (Fsp3) is 0.222. The van der Waals surface area contributed by atoms with Crippen LogP contribution in [0.1, 0.15) is 5.76 Å². The van der Waals surface area contributed by atoms with Crippen LogP contribution in [0.25, 0.3) is 11.1 Å². The zero-order chi connectivity index (χ0) is 7.97. The van der Waals surface area contributed by atoms with Crippen LogP contribution in [0.2, 0.25) is 0 Å². The van der Waals surface area contributed by atoms with Gasteiger partial charge >= 0.3 is 0 Å². The van der Waals surface area contributed by atoms with E-state index in [9.17, 15) is 0 Å². The van der Waals surface area contributed by atoms with Gasteiger partial charge in [0, 0.05) is 19.2 Å². The van der Waals surface area contributed by atoms with E-state index in [1.807, 2.05) is 12.1 Å². The molecule has 2 aromatic rings. The van der Waals surface area contributed by atoms with Crippen LogP contribution in [0.15, 0.2) is 22.7 Å². The van der Waals surface area contributed by atoms with Gasteiger partial charge in [0.2, 0.25) is 5.71 Å². The molecule has 60 valence electrons. The van der Waals surface area contributed by atoms with E-state index in [1.165, 1.54) is 0 Å². The van der Waals surface area contributed by atoms with Crippen LogP contribution in [-0.4, -0.2) is 11.5 Å². The number of nitrogens with zero attached hydrogens (tertiary/aromatic N) is 1. The second-order valence-electron chi connectivity index (χ2n) is 2.93. The highest BCUT2D eigenvalue weighted by Crippen LogP contribution is 2.32. The first-order valence-corrected chi connectivity index (χ1v) is 4.05. The lowest BCUT2D eigenvalue weighted by molar-refractivity contribution is 0.554. The summed E-state index contributed by atoms with van der Waals surface area (Å²) in [7, 11) is 0. The number of rotatable bonds is 0. The number of furan rings is 1. The van der Waals surface area contributed by atoms with Gasteiger partial charge in [-0.3, -0.25) is 0 Å². The predicted octanol–water partition coefficient (Wildman–Crippen LogP) is 1.80. The molecule has 3 heterocycles. The lowest BCUT2D eigenvalue weighted by Crippen LogP contribution is -1.92. The summed E-state index contributed by atoms with van der Waals surface area (Å²) in [6.45, 7) is 0.985. The van der Waals surface area contributed by atoms with Gasteiger partial charge in [0.1, 0.15) is 5.76 Å². The van der Waals surface area contributed by atoms with E-state index in [-0.39, 0.29) is 0 Å². The Morgan fingerprint density at radius 2 is 2.50 bits per heavy atom. The van der Waals surface area contributed by atoms with Gasteiger partial charge in [0.25, 0.3) is 0 Å². The lowest BCUT2D eigenvalue weighted by atomic mass is 10.3. The van der Waals surface area contributed by atoms with Crippen molar-refractivity contribution in [2.75, 3.05) is 11.9 Å². The van der Waals surface area contributed by atoms with Gasteiger partial charge in [-0.2, -0.15) is 0 Å². The van der Waals surface area contributed by atoms with Crippen LogP contribution >= 0.6 is 0 Å². The molecule has 0 fully saturated rings. The monoisotopic (exact) mass is 160 g/mol. The molecule has 0 saturated carbocycles. The van der Waals surface area contributed by atoms with E-state index in [2.05, 4.69) is 10.3 Å². The first kappa shape index (κ1) is 6.06. The third kappa shape index (κ3) is 0.630. The van der Waals surface area contributed by atoms with Crippen molar-refractivity contribution in [3.8, 4) is 0 Å². The Morgan fingerprint density at radius 3 is 3.50 bits per heavy atom. The summed E-state index contributed by atoms with van der Waals surface area (Å²) < 4.78 is 5.54. The molecule has 0 spiro atoms. The highest BCUT2D eigenvalue weighted by atomic mass is 16.3. The maximum Gasteiger partial charge on any atom is 0.228 e. The summed E-state index contributed by atoms with van der Waals surface area (Å²) in [4.78, 5) is 4.14. The topological polar surface area (TPSA) is 38.1 Å². The number of hydrogen-bond donors (Lipinski definition) is 1. The van der Waals surface area contributed by atoms with Crippen LogP contribution in [0.3, 0.4) is 0 Å². The minimum absolute atomic E-state index is 0.745. The summed E-state index contributed by atoms with van der Waals surface area (Å²) in [5.74, 6) is 1.05. The first-order valence-electron chi connectivity index (χ1n) is 4.05. The summed E-state index contributed by atoms with van der Waals surface area (Å²) >= 11 is 0.